The van der Waals surface area contributed by atoms with Crippen molar-refractivity contribution in [1.82, 2.24) is 5.32 Å². The maximum Gasteiger partial charge on any atom is 0.251 e. The van der Waals surface area contributed by atoms with E-state index in [2.05, 4.69) is 10.6 Å². The van der Waals surface area contributed by atoms with Crippen LogP contribution in [-0.4, -0.2) is 23.4 Å². The van der Waals surface area contributed by atoms with Crippen LogP contribution >= 0.6 is 0 Å². The number of hydrogen-bond acceptors (Lipinski definition) is 3. The average molecular weight is 289 g/mol. The molecule has 0 spiro atoms. The first-order valence-corrected chi connectivity index (χ1v) is 7.32. The van der Waals surface area contributed by atoms with Gasteiger partial charge in [0.05, 0.1) is 5.54 Å². The molecule has 5 nitrogen and oxygen atoms in total. The van der Waals surface area contributed by atoms with Crippen molar-refractivity contribution in [3.8, 4) is 0 Å². The van der Waals surface area contributed by atoms with Gasteiger partial charge in [-0.15, -0.1) is 0 Å². The molecule has 2 rings (SSSR count). The van der Waals surface area contributed by atoms with E-state index in [1.165, 1.54) is 0 Å². The lowest BCUT2D eigenvalue weighted by Crippen LogP contribution is -2.50. The Hall–Kier alpha value is -1.88. The van der Waals surface area contributed by atoms with Crippen molar-refractivity contribution in [3.05, 3.63) is 29.8 Å². The molecule has 0 radical (unpaired) electrons. The van der Waals surface area contributed by atoms with Gasteiger partial charge in [-0.25, -0.2) is 0 Å². The Morgan fingerprint density at radius 1 is 1.33 bits per heavy atom. The van der Waals surface area contributed by atoms with E-state index >= 15 is 0 Å². The molecule has 1 fully saturated rings. The standard InChI is InChI=1S/C16H23N3O2/c1-10(2)18-14(20)11-5-4-6-13(9-11)19-15(21)16(3,17)12-7-8-12/h4-6,9-10,12H,7-8,17H2,1-3H3,(H,18,20)(H,19,21). The number of nitrogens with two attached hydrogens (primary N) is 1. The number of amides is 2. The van der Waals surface area contributed by atoms with Crippen LogP contribution in [0, 0.1) is 5.92 Å². The molecule has 0 aliphatic heterocycles. The topological polar surface area (TPSA) is 84.2 Å². The maximum atomic E-state index is 12.2. The van der Waals surface area contributed by atoms with E-state index in [0.29, 0.717) is 11.3 Å². The molecule has 21 heavy (non-hydrogen) atoms. The van der Waals surface area contributed by atoms with Gasteiger partial charge in [0.1, 0.15) is 0 Å². The number of anilines is 1. The summed E-state index contributed by atoms with van der Waals surface area (Å²) < 4.78 is 0. The third kappa shape index (κ3) is 3.82. The van der Waals surface area contributed by atoms with Crippen LogP contribution in [-0.2, 0) is 4.79 Å². The van der Waals surface area contributed by atoms with Crippen LogP contribution in [0.25, 0.3) is 0 Å². The Labute approximate surface area is 125 Å². The number of nitrogens with one attached hydrogen (secondary N) is 2. The van der Waals surface area contributed by atoms with E-state index in [-0.39, 0.29) is 23.8 Å². The summed E-state index contributed by atoms with van der Waals surface area (Å²) in [6.45, 7) is 5.56. The van der Waals surface area contributed by atoms with Gasteiger partial charge in [0, 0.05) is 17.3 Å². The van der Waals surface area contributed by atoms with Gasteiger partial charge < -0.3 is 16.4 Å². The highest BCUT2D eigenvalue weighted by molar-refractivity contribution is 6.00. The first-order valence-electron chi connectivity index (χ1n) is 7.32. The highest BCUT2D eigenvalue weighted by Gasteiger charge is 2.44. The van der Waals surface area contributed by atoms with E-state index in [9.17, 15) is 9.59 Å². The molecular weight excluding hydrogens is 266 g/mol. The molecule has 0 saturated heterocycles. The van der Waals surface area contributed by atoms with Gasteiger partial charge in [-0.1, -0.05) is 6.07 Å². The van der Waals surface area contributed by atoms with Crippen molar-refractivity contribution in [2.24, 2.45) is 11.7 Å². The molecule has 0 aromatic heterocycles. The van der Waals surface area contributed by atoms with Gasteiger partial charge in [0.2, 0.25) is 5.91 Å². The normalized spacial score (nSPS) is 17.2. The zero-order valence-corrected chi connectivity index (χ0v) is 12.8. The van der Waals surface area contributed by atoms with Crippen LogP contribution in [0.1, 0.15) is 44.0 Å². The minimum Gasteiger partial charge on any atom is -0.350 e. The summed E-state index contributed by atoms with van der Waals surface area (Å²) in [5.41, 5.74) is 6.35. The molecule has 114 valence electrons. The number of benzene rings is 1. The monoisotopic (exact) mass is 289 g/mol. The predicted molar refractivity (Wildman–Crippen MR) is 83.0 cm³/mol. The minimum absolute atomic E-state index is 0.0675. The number of hydrogen-bond donors (Lipinski definition) is 3. The van der Waals surface area contributed by atoms with Gasteiger partial charge in [0.25, 0.3) is 5.91 Å². The molecule has 1 aliphatic rings. The second-order valence-electron chi connectivity index (χ2n) is 6.22. The Kier molecular flexibility index (Phi) is 4.32. The molecule has 1 aliphatic carbocycles. The summed E-state index contributed by atoms with van der Waals surface area (Å²) in [4.78, 5) is 24.2. The summed E-state index contributed by atoms with van der Waals surface area (Å²) >= 11 is 0. The number of carbonyl (C=O) groups is 2. The van der Waals surface area contributed by atoms with Crippen molar-refractivity contribution in [1.29, 1.82) is 0 Å². The minimum atomic E-state index is -0.851. The van der Waals surface area contributed by atoms with Crippen LogP contribution < -0.4 is 16.4 Å². The van der Waals surface area contributed by atoms with Crippen molar-refractivity contribution in [2.45, 2.75) is 45.2 Å². The molecule has 1 aromatic rings. The zero-order valence-electron chi connectivity index (χ0n) is 12.8. The Morgan fingerprint density at radius 3 is 2.57 bits per heavy atom. The van der Waals surface area contributed by atoms with Gasteiger partial charge in [0.15, 0.2) is 0 Å². The molecule has 0 bridgehead atoms. The smallest absolute Gasteiger partial charge is 0.251 e. The highest BCUT2D eigenvalue weighted by Crippen LogP contribution is 2.38. The van der Waals surface area contributed by atoms with Crippen LogP contribution in [0.15, 0.2) is 24.3 Å². The van der Waals surface area contributed by atoms with E-state index in [1.54, 1.807) is 31.2 Å². The maximum absolute atomic E-state index is 12.2. The summed E-state index contributed by atoms with van der Waals surface area (Å²) in [5, 5.41) is 5.63. The molecule has 5 heteroatoms. The lowest BCUT2D eigenvalue weighted by molar-refractivity contribution is -0.121. The second-order valence-corrected chi connectivity index (χ2v) is 6.22. The van der Waals surface area contributed by atoms with Crippen molar-refractivity contribution < 1.29 is 9.59 Å². The lowest BCUT2D eigenvalue weighted by Gasteiger charge is -2.23. The molecular formula is C16H23N3O2. The lowest BCUT2D eigenvalue weighted by atomic mass is 9.96. The van der Waals surface area contributed by atoms with E-state index in [0.717, 1.165) is 12.8 Å². The first kappa shape index (κ1) is 15.5. The van der Waals surface area contributed by atoms with Crippen LogP contribution in [0.4, 0.5) is 5.69 Å². The van der Waals surface area contributed by atoms with Crippen LogP contribution in [0.5, 0.6) is 0 Å². The third-order valence-electron chi connectivity index (χ3n) is 3.72. The van der Waals surface area contributed by atoms with Crippen molar-refractivity contribution in [3.63, 3.8) is 0 Å². The van der Waals surface area contributed by atoms with E-state index in [4.69, 9.17) is 5.73 Å². The summed E-state index contributed by atoms with van der Waals surface area (Å²) in [6, 6.07) is 6.95. The SMILES string of the molecule is CC(C)NC(=O)c1cccc(NC(=O)C(C)(N)C2CC2)c1. The summed E-state index contributed by atoms with van der Waals surface area (Å²) in [5.74, 6) is -0.102. The molecule has 1 saturated carbocycles. The van der Waals surface area contributed by atoms with Crippen LogP contribution in [0.2, 0.25) is 0 Å². The first-order chi connectivity index (χ1) is 9.80. The van der Waals surface area contributed by atoms with E-state index < -0.39 is 5.54 Å². The van der Waals surface area contributed by atoms with Crippen LogP contribution in [0.3, 0.4) is 0 Å². The van der Waals surface area contributed by atoms with Gasteiger partial charge in [-0.2, -0.15) is 0 Å². The third-order valence-corrected chi connectivity index (χ3v) is 3.72. The molecule has 4 N–H and O–H groups in total. The molecule has 0 heterocycles. The van der Waals surface area contributed by atoms with Crippen molar-refractivity contribution >= 4 is 17.5 Å². The predicted octanol–water partition coefficient (Wildman–Crippen LogP) is 1.89. The summed E-state index contributed by atoms with van der Waals surface area (Å²) in [6.07, 6.45) is 1.99. The summed E-state index contributed by atoms with van der Waals surface area (Å²) in [7, 11) is 0. The largest absolute Gasteiger partial charge is 0.350 e. The molecule has 1 atom stereocenters. The highest BCUT2D eigenvalue weighted by atomic mass is 16.2. The zero-order chi connectivity index (χ0) is 15.6. The van der Waals surface area contributed by atoms with Gasteiger partial charge in [-0.05, 0) is 57.7 Å². The Balaban J connectivity index is 2.07. The van der Waals surface area contributed by atoms with Gasteiger partial charge >= 0.3 is 0 Å². The van der Waals surface area contributed by atoms with Crippen molar-refractivity contribution in [2.75, 3.05) is 5.32 Å². The fraction of sp³-hybridized carbons (Fsp3) is 0.500. The Morgan fingerprint density at radius 2 is 2.00 bits per heavy atom. The molecule has 2 amide bonds. The quantitative estimate of drug-likeness (QED) is 0.774. The Bertz CT molecular complexity index is 548. The second kappa shape index (κ2) is 5.85. The fourth-order valence-corrected chi connectivity index (χ4v) is 2.22. The fourth-order valence-electron chi connectivity index (χ4n) is 2.22. The van der Waals surface area contributed by atoms with Gasteiger partial charge in [-0.3, -0.25) is 9.59 Å². The van der Waals surface area contributed by atoms with E-state index in [1.807, 2.05) is 13.8 Å². The number of rotatable bonds is 5. The average Bonchev–Trinajstić information content (AvgIpc) is 3.22. The number of carbonyl (C=O) groups excluding carboxylic acids is 2. The molecule has 1 aromatic carbocycles. The molecule has 1 unspecified atom stereocenters.